The Morgan fingerprint density at radius 1 is 1.31 bits per heavy atom. The smallest absolute Gasteiger partial charge is 0.460 e. The molecule has 3 heteroatoms. The van der Waals surface area contributed by atoms with Gasteiger partial charge in [-0.25, -0.2) is 0 Å². The van der Waals surface area contributed by atoms with Gasteiger partial charge in [0.05, 0.1) is 0 Å². The molecule has 1 fully saturated rings. The van der Waals surface area contributed by atoms with Gasteiger partial charge in [-0.3, -0.25) is 0 Å². The van der Waals surface area contributed by atoms with Crippen molar-refractivity contribution in [2.24, 2.45) is 5.92 Å². The number of piperidine rings is 1. The van der Waals surface area contributed by atoms with Gasteiger partial charge in [0.15, 0.2) is 0 Å². The molecular weight excluding hydrogens is 213 g/mol. The van der Waals surface area contributed by atoms with Gasteiger partial charge in [0, 0.05) is 12.6 Å². The van der Waals surface area contributed by atoms with Crippen LogP contribution in [0.3, 0.4) is 0 Å². The van der Waals surface area contributed by atoms with Crippen LogP contribution in [0.25, 0.3) is 0 Å². The SMILES string of the molecule is CCN1CCCC(C(C)[O][Al]([CH2]C)[CH2]C)C1. The van der Waals surface area contributed by atoms with Crippen molar-refractivity contribution in [1.82, 2.24) is 4.90 Å². The van der Waals surface area contributed by atoms with Gasteiger partial charge in [-0.1, -0.05) is 31.3 Å². The molecule has 0 aromatic carbocycles. The summed E-state index contributed by atoms with van der Waals surface area (Å²) in [5, 5.41) is 2.57. The van der Waals surface area contributed by atoms with Crippen LogP contribution in [0.5, 0.6) is 0 Å². The molecule has 16 heavy (non-hydrogen) atoms. The van der Waals surface area contributed by atoms with E-state index < -0.39 is 14.5 Å². The predicted molar refractivity (Wildman–Crippen MR) is 72.1 cm³/mol. The van der Waals surface area contributed by atoms with Crippen LogP contribution in [0.2, 0.25) is 10.6 Å². The average Bonchev–Trinajstić information content (AvgIpc) is 2.35. The van der Waals surface area contributed by atoms with Crippen molar-refractivity contribution in [1.29, 1.82) is 0 Å². The van der Waals surface area contributed by atoms with Crippen molar-refractivity contribution >= 4 is 14.5 Å². The molecule has 2 unspecified atom stereocenters. The highest BCUT2D eigenvalue weighted by Crippen LogP contribution is 2.22. The van der Waals surface area contributed by atoms with Crippen molar-refractivity contribution in [3.63, 3.8) is 0 Å². The minimum Gasteiger partial charge on any atom is -0.498 e. The Hall–Kier alpha value is 0.452. The minimum absolute atomic E-state index is 0.492. The van der Waals surface area contributed by atoms with Crippen LogP contribution in [-0.2, 0) is 3.79 Å². The summed E-state index contributed by atoms with van der Waals surface area (Å²) in [6.07, 6.45) is 3.22. The van der Waals surface area contributed by atoms with E-state index in [0.717, 1.165) is 5.92 Å². The van der Waals surface area contributed by atoms with E-state index >= 15 is 0 Å². The summed E-state index contributed by atoms with van der Waals surface area (Å²) >= 11 is -0.869. The van der Waals surface area contributed by atoms with E-state index in [0.29, 0.717) is 6.10 Å². The van der Waals surface area contributed by atoms with Gasteiger partial charge in [0.25, 0.3) is 0 Å². The molecule has 0 aromatic heterocycles. The van der Waals surface area contributed by atoms with Gasteiger partial charge in [0.1, 0.15) is 0 Å². The summed E-state index contributed by atoms with van der Waals surface area (Å²) in [4.78, 5) is 2.57. The standard InChI is InChI=1S/C9H18NO.2C2H5.Al/c1-3-10-6-4-5-9(7-10)8(2)11;2*1-2;/h8-9H,3-7H2,1-2H3;2*1H2,2H3;/q-1;;;+1. The fraction of sp³-hybridized carbons (Fsp3) is 1.00. The number of nitrogens with zero attached hydrogens (tertiary/aromatic N) is 1. The molecular formula is C13H28AlNO. The second-order valence-electron chi connectivity index (χ2n) is 5.08. The van der Waals surface area contributed by atoms with E-state index in [1.807, 2.05) is 0 Å². The molecule has 1 aliphatic heterocycles. The molecule has 0 aliphatic carbocycles. The topological polar surface area (TPSA) is 12.5 Å². The van der Waals surface area contributed by atoms with E-state index in [2.05, 4.69) is 32.6 Å². The summed E-state index contributed by atoms with van der Waals surface area (Å²) in [7, 11) is 0. The van der Waals surface area contributed by atoms with E-state index in [1.54, 1.807) is 0 Å². The average molecular weight is 241 g/mol. The minimum atomic E-state index is -0.869. The van der Waals surface area contributed by atoms with Gasteiger partial charge in [-0.15, -0.1) is 0 Å². The lowest BCUT2D eigenvalue weighted by atomic mass is 9.93. The van der Waals surface area contributed by atoms with Crippen molar-refractivity contribution in [3.05, 3.63) is 0 Å². The van der Waals surface area contributed by atoms with Gasteiger partial charge in [-0.2, -0.15) is 0 Å². The first-order chi connectivity index (χ1) is 7.71. The number of hydrogen-bond acceptors (Lipinski definition) is 2. The second-order valence-corrected chi connectivity index (χ2v) is 8.22. The normalized spacial score (nSPS) is 24.4. The molecule has 0 N–H and O–H groups in total. The second kappa shape index (κ2) is 7.72. The third kappa shape index (κ3) is 4.37. The number of rotatable bonds is 6. The highest BCUT2D eigenvalue weighted by Gasteiger charge is 2.27. The number of hydrogen-bond donors (Lipinski definition) is 0. The zero-order valence-corrected chi connectivity index (χ0v) is 12.7. The highest BCUT2D eigenvalue weighted by atomic mass is 27.2. The highest BCUT2D eigenvalue weighted by molar-refractivity contribution is 6.51. The monoisotopic (exact) mass is 241 g/mol. The summed E-state index contributed by atoms with van der Waals surface area (Å²) in [6.45, 7) is 12.9. The first-order valence-corrected chi connectivity index (χ1v) is 9.19. The lowest BCUT2D eigenvalue weighted by Crippen LogP contribution is -2.41. The van der Waals surface area contributed by atoms with E-state index in [4.69, 9.17) is 3.79 Å². The first kappa shape index (κ1) is 14.5. The van der Waals surface area contributed by atoms with Crippen LogP contribution in [0.1, 0.15) is 40.5 Å². The lowest BCUT2D eigenvalue weighted by molar-refractivity contribution is 0.0793. The first-order valence-electron chi connectivity index (χ1n) is 7.09. The van der Waals surface area contributed by atoms with Crippen molar-refractivity contribution in [2.45, 2.75) is 57.2 Å². The fourth-order valence-electron chi connectivity index (χ4n) is 2.66. The summed E-state index contributed by atoms with van der Waals surface area (Å²) in [5.41, 5.74) is 0. The van der Waals surface area contributed by atoms with Crippen LogP contribution in [0.4, 0.5) is 0 Å². The quantitative estimate of drug-likeness (QED) is 0.662. The Morgan fingerprint density at radius 2 is 2.00 bits per heavy atom. The van der Waals surface area contributed by atoms with Gasteiger partial charge in [0.2, 0.25) is 0 Å². The molecule has 94 valence electrons. The molecule has 1 saturated heterocycles. The molecule has 2 nitrogen and oxygen atoms in total. The molecule has 0 amide bonds. The Labute approximate surface area is 106 Å². The van der Waals surface area contributed by atoms with Crippen LogP contribution in [0.15, 0.2) is 0 Å². The molecule has 0 aromatic rings. The fourth-order valence-corrected chi connectivity index (χ4v) is 4.45. The van der Waals surface area contributed by atoms with Crippen molar-refractivity contribution < 1.29 is 3.79 Å². The molecule has 1 aliphatic rings. The van der Waals surface area contributed by atoms with E-state index in [1.165, 1.54) is 43.0 Å². The summed E-state index contributed by atoms with van der Waals surface area (Å²) in [5.74, 6) is 0.779. The van der Waals surface area contributed by atoms with Crippen molar-refractivity contribution in [3.8, 4) is 0 Å². The zero-order valence-electron chi connectivity index (χ0n) is 11.5. The third-order valence-corrected chi connectivity index (χ3v) is 6.61. The Morgan fingerprint density at radius 3 is 2.56 bits per heavy atom. The maximum absolute atomic E-state index is 6.29. The lowest BCUT2D eigenvalue weighted by Gasteiger charge is -2.36. The third-order valence-electron chi connectivity index (χ3n) is 3.97. The maximum Gasteiger partial charge on any atom is 0.460 e. The Balaban J connectivity index is 2.37. The predicted octanol–water partition coefficient (Wildman–Crippen LogP) is 3.15. The molecule has 0 saturated carbocycles. The zero-order chi connectivity index (χ0) is 12.0. The van der Waals surface area contributed by atoms with Gasteiger partial charge < -0.3 is 8.69 Å². The maximum atomic E-state index is 6.29. The molecule has 1 rings (SSSR count). The van der Waals surface area contributed by atoms with Gasteiger partial charge >= 0.3 is 14.5 Å². The number of likely N-dealkylation sites (tertiary alicyclic amines) is 1. The molecule has 0 spiro atoms. The van der Waals surface area contributed by atoms with Crippen LogP contribution in [0, 0.1) is 5.92 Å². The molecule has 1 heterocycles. The molecule has 2 atom stereocenters. The largest absolute Gasteiger partial charge is 0.498 e. The van der Waals surface area contributed by atoms with Gasteiger partial charge in [-0.05, 0) is 38.8 Å². The van der Waals surface area contributed by atoms with Crippen LogP contribution >= 0.6 is 0 Å². The Bertz CT molecular complexity index is 185. The Kier molecular flexibility index (Phi) is 7.00. The molecule has 0 radical (unpaired) electrons. The van der Waals surface area contributed by atoms with Crippen LogP contribution < -0.4 is 0 Å². The molecule has 0 bridgehead atoms. The van der Waals surface area contributed by atoms with Crippen LogP contribution in [-0.4, -0.2) is 45.1 Å². The van der Waals surface area contributed by atoms with E-state index in [-0.39, 0.29) is 0 Å². The van der Waals surface area contributed by atoms with Crippen molar-refractivity contribution in [2.75, 3.05) is 19.6 Å². The summed E-state index contributed by atoms with van der Waals surface area (Å²) < 4.78 is 6.29. The van der Waals surface area contributed by atoms with E-state index in [9.17, 15) is 0 Å². The summed E-state index contributed by atoms with van der Waals surface area (Å²) in [6, 6.07) is 0.